The van der Waals surface area contributed by atoms with Gasteiger partial charge in [-0.25, -0.2) is 0 Å². The van der Waals surface area contributed by atoms with Crippen LogP contribution in [0, 0.1) is 23.7 Å². The third-order valence-corrected chi connectivity index (χ3v) is 7.52. The van der Waals surface area contributed by atoms with Crippen molar-refractivity contribution >= 4 is 52.6 Å². The SMILES string of the molecule is O=C(COC(=O)CN1C(=O)[C@@H]2[C@H]3C[C@@H]([C@H](Cl)[C@@H]3Cl)[C@@H]2C1=O)Nc1cccc(C(F)(F)F)c1. The number of alkyl halides is 5. The molecule has 6 atom stereocenters. The van der Waals surface area contributed by atoms with Gasteiger partial charge in [0.25, 0.3) is 5.91 Å². The van der Waals surface area contributed by atoms with E-state index in [1.165, 1.54) is 6.07 Å². The molecule has 3 aliphatic rings. The summed E-state index contributed by atoms with van der Waals surface area (Å²) in [5.41, 5.74) is -1.07. The zero-order valence-electron chi connectivity index (χ0n) is 16.3. The van der Waals surface area contributed by atoms with E-state index in [-0.39, 0.29) is 17.5 Å². The van der Waals surface area contributed by atoms with E-state index in [2.05, 4.69) is 5.32 Å². The zero-order chi connectivity index (χ0) is 23.4. The summed E-state index contributed by atoms with van der Waals surface area (Å²) in [5.74, 6) is -4.57. The van der Waals surface area contributed by atoms with Crippen LogP contribution in [0.25, 0.3) is 0 Å². The largest absolute Gasteiger partial charge is 0.454 e. The van der Waals surface area contributed by atoms with E-state index >= 15 is 0 Å². The van der Waals surface area contributed by atoms with E-state index < -0.39 is 71.2 Å². The second-order valence-corrected chi connectivity index (χ2v) is 9.06. The van der Waals surface area contributed by atoms with Gasteiger partial charge in [0.15, 0.2) is 6.61 Å². The Labute approximate surface area is 190 Å². The molecule has 0 spiro atoms. The van der Waals surface area contributed by atoms with Crippen molar-refractivity contribution in [2.45, 2.75) is 23.4 Å². The molecule has 1 aromatic rings. The van der Waals surface area contributed by atoms with Gasteiger partial charge in [-0.1, -0.05) is 6.07 Å². The van der Waals surface area contributed by atoms with Gasteiger partial charge in [0.2, 0.25) is 11.8 Å². The van der Waals surface area contributed by atoms with Crippen molar-refractivity contribution in [3.8, 4) is 0 Å². The summed E-state index contributed by atoms with van der Waals surface area (Å²) in [6.07, 6.45) is -3.99. The maximum Gasteiger partial charge on any atom is 0.416 e. The third kappa shape index (κ3) is 3.94. The van der Waals surface area contributed by atoms with Crippen molar-refractivity contribution in [1.82, 2.24) is 4.90 Å². The minimum absolute atomic E-state index is 0.125. The van der Waals surface area contributed by atoms with Gasteiger partial charge in [-0.2, -0.15) is 13.2 Å². The Bertz CT molecular complexity index is 956. The number of nitrogens with zero attached hydrogens (tertiary/aromatic N) is 1. The third-order valence-electron chi connectivity index (χ3n) is 6.20. The number of carbonyl (C=O) groups is 4. The molecular weight excluding hydrogens is 476 g/mol. The van der Waals surface area contributed by atoms with Gasteiger partial charge < -0.3 is 10.1 Å². The van der Waals surface area contributed by atoms with Gasteiger partial charge in [-0.3, -0.25) is 24.1 Å². The highest BCUT2D eigenvalue weighted by molar-refractivity contribution is 6.31. The lowest BCUT2D eigenvalue weighted by Crippen LogP contribution is -2.38. The lowest BCUT2D eigenvalue weighted by molar-refractivity contribution is -0.154. The zero-order valence-corrected chi connectivity index (χ0v) is 17.8. The first-order chi connectivity index (χ1) is 15.0. The molecule has 1 saturated heterocycles. The van der Waals surface area contributed by atoms with Crippen molar-refractivity contribution in [3.05, 3.63) is 29.8 Å². The average molecular weight is 493 g/mol. The first-order valence-electron chi connectivity index (χ1n) is 9.75. The molecular formula is C20H17Cl2F3N2O5. The second-order valence-electron chi connectivity index (χ2n) is 8.05. The number of likely N-dealkylation sites (tertiary alicyclic amines) is 1. The fourth-order valence-corrected chi connectivity index (χ4v) is 5.75. The van der Waals surface area contributed by atoms with Gasteiger partial charge >= 0.3 is 12.1 Å². The van der Waals surface area contributed by atoms with E-state index in [1.54, 1.807) is 0 Å². The van der Waals surface area contributed by atoms with E-state index in [0.717, 1.165) is 23.1 Å². The van der Waals surface area contributed by atoms with Crippen molar-refractivity contribution in [2.75, 3.05) is 18.5 Å². The summed E-state index contributed by atoms with van der Waals surface area (Å²) in [6, 6.07) is 3.95. The fourth-order valence-electron chi connectivity index (χ4n) is 4.86. The van der Waals surface area contributed by atoms with Crippen molar-refractivity contribution in [1.29, 1.82) is 0 Å². The average Bonchev–Trinajstić information content (AvgIpc) is 3.33. The number of rotatable bonds is 5. The van der Waals surface area contributed by atoms with Crippen molar-refractivity contribution < 1.29 is 37.1 Å². The molecule has 2 aliphatic carbocycles. The lowest BCUT2D eigenvalue weighted by atomic mass is 9.80. The molecule has 12 heteroatoms. The quantitative estimate of drug-likeness (QED) is 0.387. The number of esters is 1. The van der Waals surface area contributed by atoms with Gasteiger partial charge in [0.1, 0.15) is 6.54 Å². The Morgan fingerprint density at radius 1 is 1.09 bits per heavy atom. The van der Waals surface area contributed by atoms with Crippen LogP contribution in [0.15, 0.2) is 24.3 Å². The molecule has 1 N–H and O–H groups in total. The molecule has 4 rings (SSSR count). The second kappa shape index (κ2) is 8.22. The van der Waals surface area contributed by atoms with E-state index in [0.29, 0.717) is 6.42 Å². The Morgan fingerprint density at radius 2 is 1.69 bits per heavy atom. The van der Waals surface area contributed by atoms with E-state index in [4.69, 9.17) is 27.9 Å². The van der Waals surface area contributed by atoms with Gasteiger partial charge in [0.05, 0.1) is 28.2 Å². The molecule has 1 aliphatic heterocycles. The number of hydrogen-bond acceptors (Lipinski definition) is 5. The van der Waals surface area contributed by atoms with Crippen LogP contribution < -0.4 is 5.32 Å². The molecule has 32 heavy (non-hydrogen) atoms. The predicted octanol–water partition coefficient (Wildman–Crippen LogP) is 2.65. The maximum atomic E-state index is 12.7. The summed E-state index contributed by atoms with van der Waals surface area (Å²) in [5, 5.41) is 1.34. The number of halogens is 5. The number of imide groups is 1. The number of ether oxygens (including phenoxy) is 1. The lowest BCUT2D eigenvalue weighted by Gasteiger charge is -2.28. The molecule has 0 aromatic heterocycles. The number of amides is 3. The normalized spacial score (nSPS) is 31.1. The first-order valence-corrected chi connectivity index (χ1v) is 10.6. The fraction of sp³-hybridized carbons (Fsp3) is 0.500. The number of carbonyl (C=O) groups excluding carboxylic acids is 4. The molecule has 3 amide bonds. The highest BCUT2D eigenvalue weighted by atomic mass is 35.5. The van der Waals surface area contributed by atoms with Crippen LogP contribution in [0.4, 0.5) is 18.9 Å². The summed E-state index contributed by atoms with van der Waals surface area (Å²) in [6.45, 7) is -1.46. The molecule has 1 aromatic carbocycles. The minimum Gasteiger partial charge on any atom is -0.454 e. The minimum atomic E-state index is -4.58. The predicted molar refractivity (Wildman–Crippen MR) is 106 cm³/mol. The number of benzene rings is 1. The standard InChI is InChI=1S/C20H17Cl2F3N2O5/c21-16-10-5-11(17(16)22)15-14(10)18(30)27(19(15)31)6-13(29)32-7-12(28)26-9-3-1-2-8(4-9)20(23,24)25/h1-4,10-11,14-17H,5-7H2,(H,26,28)/t10-,11-,14-,15+,16-,17+/m1/s1. The van der Waals surface area contributed by atoms with Crippen LogP contribution in [-0.4, -0.2) is 52.5 Å². The Hall–Kier alpha value is -2.33. The topological polar surface area (TPSA) is 92.8 Å². The molecule has 0 radical (unpaired) electrons. The summed E-state index contributed by atoms with van der Waals surface area (Å²) in [7, 11) is 0. The Morgan fingerprint density at radius 3 is 2.25 bits per heavy atom. The van der Waals surface area contributed by atoms with Crippen LogP contribution in [0.5, 0.6) is 0 Å². The molecule has 3 fully saturated rings. The molecule has 2 saturated carbocycles. The maximum absolute atomic E-state index is 12.7. The smallest absolute Gasteiger partial charge is 0.416 e. The van der Waals surface area contributed by atoms with E-state index in [1.807, 2.05) is 0 Å². The summed E-state index contributed by atoms with van der Waals surface area (Å²) < 4.78 is 43.0. The number of nitrogens with one attached hydrogen (secondary N) is 1. The van der Waals surface area contributed by atoms with Crippen LogP contribution in [0.2, 0.25) is 0 Å². The Kier molecular flexibility index (Phi) is 5.87. The number of fused-ring (bicyclic) bond motifs is 5. The van der Waals surface area contributed by atoms with Gasteiger partial charge in [-0.15, -0.1) is 23.2 Å². The molecule has 1 heterocycles. The Balaban J connectivity index is 1.31. The molecule has 7 nitrogen and oxygen atoms in total. The van der Waals surface area contributed by atoms with Crippen LogP contribution in [0.1, 0.15) is 12.0 Å². The summed E-state index contributed by atoms with van der Waals surface area (Å²) in [4.78, 5) is 50.2. The van der Waals surface area contributed by atoms with Gasteiger partial charge in [-0.05, 0) is 36.5 Å². The molecule has 0 unspecified atom stereocenters. The van der Waals surface area contributed by atoms with Crippen molar-refractivity contribution in [2.24, 2.45) is 23.7 Å². The number of hydrogen-bond donors (Lipinski definition) is 1. The number of anilines is 1. The van der Waals surface area contributed by atoms with Crippen molar-refractivity contribution in [3.63, 3.8) is 0 Å². The monoisotopic (exact) mass is 492 g/mol. The van der Waals surface area contributed by atoms with Crippen LogP contribution in [0.3, 0.4) is 0 Å². The summed E-state index contributed by atoms with van der Waals surface area (Å²) >= 11 is 12.5. The highest BCUT2D eigenvalue weighted by Gasteiger charge is 2.66. The van der Waals surface area contributed by atoms with Crippen LogP contribution >= 0.6 is 23.2 Å². The van der Waals surface area contributed by atoms with Gasteiger partial charge in [0, 0.05) is 5.69 Å². The highest BCUT2D eigenvalue weighted by Crippen LogP contribution is 2.59. The first kappa shape index (κ1) is 22.8. The molecule has 172 valence electrons. The van der Waals surface area contributed by atoms with E-state index in [9.17, 15) is 32.3 Å². The molecule has 2 bridgehead atoms. The van der Waals surface area contributed by atoms with Crippen LogP contribution in [-0.2, 0) is 30.1 Å².